The van der Waals surface area contributed by atoms with Crippen LogP contribution in [0.4, 0.5) is 0 Å². The fraction of sp³-hybridized carbons (Fsp3) is 0.429. The topological polar surface area (TPSA) is 44.1 Å². The van der Waals surface area contributed by atoms with Gasteiger partial charge in [0.15, 0.2) is 0 Å². The Kier molecular flexibility index (Phi) is 4.04. The average molecular weight is 278 g/mol. The van der Waals surface area contributed by atoms with Gasteiger partial charge in [0.2, 0.25) is 0 Å². The van der Waals surface area contributed by atoms with Gasteiger partial charge in [0.05, 0.1) is 18.5 Å². The molecule has 0 spiro atoms. The number of rotatable bonds is 4. The minimum atomic E-state index is -0.302. The van der Waals surface area contributed by atoms with Gasteiger partial charge in [-0.15, -0.1) is 11.3 Å². The molecule has 0 aliphatic heterocycles. The predicted octanol–water partition coefficient (Wildman–Crippen LogP) is 3.15. The highest BCUT2D eigenvalue weighted by atomic mass is 32.1. The molecule has 2 heterocycles. The lowest BCUT2D eigenvalue weighted by atomic mass is 10.2. The molecule has 5 heteroatoms. The molecular formula is C14H18N2O2S. The smallest absolute Gasteiger partial charge is 0.350 e. The van der Waals surface area contributed by atoms with E-state index in [2.05, 4.69) is 25.0 Å². The van der Waals surface area contributed by atoms with E-state index in [-0.39, 0.29) is 5.97 Å². The van der Waals surface area contributed by atoms with Gasteiger partial charge < -0.3 is 4.74 Å². The highest BCUT2D eigenvalue weighted by Crippen LogP contribution is 2.28. The molecule has 102 valence electrons. The summed E-state index contributed by atoms with van der Waals surface area (Å²) in [4.78, 5) is 12.5. The summed E-state index contributed by atoms with van der Waals surface area (Å²) in [5.41, 5.74) is 4.06. The third-order valence-electron chi connectivity index (χ3n) is 3.08. The highest BCUT2D eigenvalue weighted by Gasteiger charge is 2.21. The van der Waals surface area contributed by atoms with Crippen LogP contribution < -0.4 is 0 Å². The number of ether oxygens (including phenoxy) is 1. The summed E-state index contributed by atoms with van der Waals surface area (Å²) in [5, 5.41) is 6.56. The van der Waals surface area contributed by atoms with Gasteiger partial charge in [-0.1, -0.05) is 13.8 Å². The van der Waals surface area contributed by atoms with Crippen molar-refractivity contribution in [2.45, 2.75) is 33.6 Å². The van der Waals surface area contributed by atoms with Gasteiger partial charge in [-0.25, -0.2) is 9.48 Å². The molecule has 4 nitrogen and oxygen atoms in total. The lowest BCUT2D eigenvalue weighted by Crippen LogP contribution is -2.09. The maximum atomic E-state index is 11.8. The Hall–Kier alpha value is -1.62. The third-order valence-corrected chi connectivity index (χ3v) is 4.15. The number of hydrogen-bond donors (Lipinski definition) is 0. The van der Waals surface area contributed by atoms with E-state index in [1.165, 1.54) is 18.4 Å². The molecule has 0 aliphatic carbocycles. The minimum Gasteiger partial charge on any atom is -0.465 e. The molecule has 0 bridgehead atoms. The van der Waals surface area contributed by atoms with Crippen LogP contribution in [-0.4, -0.2) is 22.9 Å². The van der Waals surface area contributed by atoms with E-state index in [1.807, 2.05) is 17.0 Å². The van der Waals surface area contributed by atoms with Gasteiger partial charge in [-0.2, -0.15) is 5.10 Å². The summed E-state index contributed by atoms with van der Waals surface area (Å²) < 4.78 is 6.73. The molecule has 0 unspecified atom stereocenters. The number of carbonyl (C=O) groups excluding carboxylic acids is 1. The molecular weight excluding hydrogens is 260 g/mol. The number of nitrogens with zero attached hydrogens (tertiary/aromatic N) is 2. The number of aryl methyl sites for hydroxylation is 3. The zero-order chi connectivity index (χ0) is 14.0. The number of carbonyl (C=O) groups is 1. The number of hydrogen-bond acceptors (Lipinski definition) is 4. The summed E-state index contributed by atoms with van der Waals surface area (Å²) in [6.07, 6.45) is 1.76. The molecule has 0 atom stereocenters. The van der Waals surface area contributed by atoms with Crippen LogP contribution in [0.25, 0.3) is 5.69 Å². The van der Waals surface area contributed by atoms with Crippen molar-refractivity contribution in [3.63, 3.8) is 0 Å². The van der Waals surface area contributed by atoms with Crippen LogP contribution in [0.15, 0.2) is 11.4 Å². The van der Waals surface area contributed by atoms with Crippen LogP contribution in [0.5, 0.6) is 0 Å². The van der Waals surface area contributed by atoms with Gasteiger partial charge in [0.25, 0.3) is 0 Å². The first-order valence-corrected chi connectivity index (χ1v) is 7.24. The van der Waals surface area contributed by atoms with Gasteiger partial charge >= 0.3 is 5.97 Å². The van der Waals surface area contributed by atoms with E-state index in [4.69, 9.17) is 4.74 Å². The van der Waals surface area contributed by atoms with Crippen LogP contribution in [-0.2, 0) is 17.6 Å². The van der Waals surface area contributed by atoms with E-state index in [0.717, 1.165) is 35.5 Å². The largest absolute Gasteiger partial charge is 0.465 e. The molecule has 19 heavy (non-hydrogen) atoms. The first-order chi connectivity index (χ1) is 9.12. The first-order valence-electron chi connectivity index (χ1n) is 6.36. The van der Waals surface area contributed by atoms with Gasteiger partial charge in [0.1, 0.15) is 4.88 Å². The molecule has 0 saturated carbocycles. The number of thiophene rings is 1. The zero-order valence-electron chi connectivity index (χ0n) is 11.7. The maximum Gasteiger partial charge on any atom is 0.350 e. The Morgan fingerprint density at radius 2 is 2.16 bits per heavy atom. The number of esters is 1. The maximum absolute atomic E-state index is 11.8. The predicted molar refractivity (Wildman–Crippen MR) is 76.3 cm³/mol. The summed E-state index contributed by atoms with van der Waals surface area (Å²) in [6, 6.07) is 2.10. The van der Waals surface area contributed by atoms with Crippen molar-refractivity contribution in [3.05, 3.63) is 33.3 Å². The summed E-state index contributed by atoms with van der Waals surface area (Å²) in [6.45, 7) is 6.16. The second kappa shape index (κ2) is 5.57. The van der Waals surface area contributed by atoms with E-state index in [1.54, 1.807) is 0 Å². The van der Waals surface area contributed by atoms with Crippen LogP contribution in [0, 0.1) is 6.92 Å². The quantitative estimate of drug-likeness (QED) is 0.807. The van der Waals surface area contributed by atoms with E-state index >= 15 is 0 Å². The molecule has 2 aromatic rings. The summed E-state index contributed by atoms with van der Waals surface area (Å²) in [5.74, 6) is -0.302. The van der Waals surface area contributed by atoms with E-state index < -0.39 is 0 Å². The molecule has 0 radical (unpaired) electrons. The molecule has 2 aromatic heterocycles. The first kappa shape index (κ1) is 13.8. The standard InChI is InChI=1S/C14H18N2O2S/c1-5-10-7-11(6-2)16(15-10)12-9(3)8-19-13(12)14(17)18-4/h7-8H,5-6H2,1-4H3. The number of methoxy groups -OCH3 is 1. The molecule has 0 saturated heterocycles. The Morgan fingerprint density at radius 1 is 1.42 bits per heavy atom. The Labute approximate surface area is 117 Å². The van der Waals surface area contributed by atoms with Crippen molar-refractivity contribution in [1.82, 2.24) is 9.78 Å². The molecule has 0 N–H and O–H groups in total. The second-order valence-electron chi connectivity index (χ2n) is 4.33. The number of aromatic nitrogens is 2. The SMILES string of the molecule is CCc1cc(CC)n(-c2c(C)csc2C(=O)OC)n1. The van der Waals surface area contributed by atoms with Crippen LogP contribution in [0.2, 0.25) is 0 Å². The monoisotopic (exact) mass is 278 g/mol. The fourth-order valence-electron chi connectivity index (χ4n) is 2.03. The summed E-state index contributed by atoms with van der Waals surface area (Å²) in [7, 11) is 1.41. The minimum absolute atomic E-state index is 0.302. The van der Waals surface area contributed by atoms with E-state index in [0.29, 0.717) is 4.88 Å². The van der Waals surface area contributed by atoms with Crippen molar-refractivity contribution < 1.29 is 9.53 Å². The Morgan fingerprint density at radius 3 is 2.74 bits per heavy atom. The van der Waals surface area contributed by atoms with Crippen LogP contribution >= 0.6 is 11.3 Å². The van der Waals surface area contributed by atoms with Crippen molar-refractivity contribution in [2.24, 2.45) is 0 Å². The molecule has 0 amide bonds. The molecule has 0 fully saturated rings. The molecule has 0 aliphatic rings. The van der Waals surface area contributed by atoms with Gasteiger partial charge in [-0.3, -0.25) is 0 Å². The molecule has 0 aromatic carbocycles. The highest BCUT2D eigenvalue weighted by molar-refractivity contribution is 7.12. The van der Waals surface area contributed by atoms with Gasteiger partial charge in [-0.05, 0) is 36.8 Å². The second-order valence-corrected chi connectivity index (χ2v) is 5.21. The van der Waals surface area contributed by atoms with Crippen LogP contribution in [0.3, 0.4) is 0 Å². The van der Waals surface area contributed by atoms with Crippen LogP contribution in [0.1, 0.15) is 40.5 Å². The normalized spacial score (nSPS) is 10.7. The third kappa shape index (κ3) is 2.42. The molecule has 2 rings (SSSR count). The van der Waals surface area contributed by atoms with Crippen molar-refractivity contribution in [2.75, 3.05) is 7.11 Å². The lowest BCUT2D eigenvalue weighted by molar-refractivity contribution is 0.0606. The zero-order valence-corrected chi connectivity index (χ0v) is 12.5. The van der Waals surface area contributed by atoms with Crippen molar-refractivity contribution in [3.8, 4) is 5.69 Å². The Bertz CT molecular complexity index is 599. The fourth-order valence-corrected chi connectivity index (χ4v) is 2.98. The van der Waals surface area contributed by atoms with Crippen molar-refractivity contribution >= 4 is 17.3 Å². The average Bonchev–Trinajstić information content (AvgIpc) is 3.00. The Balaban J connectivity index is 2.61. The van der Waals surface area contributed by atoms with E-state index in [9.17, 15) is 4.79 Å². The van der Waals surface area contributed by atoms with Gasteiger partial charge in [0, 0.05) is 5.69 Å². The van der Waals surface area contributed by atoms with Crippen molar-refractivity contribution in [1.29, 1.82) is 0 Å². The lowest BCUT2D eigenvalue weighted by Gasteiger charge is -2.08. The summed E-state index contributed by atoms with van der Waals surface area (Å²) >= 11 is 1.40.